The number of hydrogen-bond donors (Lipinski definition) is 1. The summed E-state index contributed by atoms with van der Waals surface area (Å²) in [6.07, 6.45) is 3.15. The van der Waals surface area contributed by atoms with E-state index in [1.165, 1.54) is 6.07 Å². The van der Waals surface area contributed by atoms with Crippen LogP contribution in [0, 0.1) is 5.82 Å². The average Bonchev–Trinajstić information content (AvgIpc) is 2.71. The number of rotatable bonds is 5. The molecule has 0 aliphatic carbocycles. The molecule has 2 rings (SSSR count). The van der Waals surface area contributed by atoms with E-state index in [0.29, 0.717) is 6.04 Å². The molecule has 1 aromatic carbocycles. The van der Waals surface area contributed by atoms with Crippen LogP contribution in [0.25, 0.3) is 10.9 Å². The predicted octanol–water partition coefficient (Wildman–Crippen LogP) is 3.17. The van der Waals surface area contributed by atoms with Crippen LogP contribution in [0.3, 0.4) is 0 Å². The van der Waals surface area contributed by atoms with Crippen molar-refractivity contribution in [3.8, 4) is 0 Å². The fourth-order valence-corrected chi connectivity index (χ4v) is 1.94. The van der Waals surface area contributed by atoms with Crippen LogP contribution in [0.4, 0.5) is 4.39 Å². The highest BCUT2D eigenvalue weighted by atomic mass is 19.1. The molecule has 0 spiro atoms. The minimum absolute atomic E-state index is 0.173. The van der Waals surface area contributed by atoms with Crippen LogP contribution >= 0.6 is 0 Å². The Hall–Kier alpha value is -1.35. The smallest absolute Gasteiger partial charge is 0.123 e. The van der Waals surface area contributed by atoms with Crippen molar-refractivity contribution in [2.75, 3.05) is 6.54 Å². The highest BCUT2D eigenvalue weighted by Gasteiger charge is 2.02. The lowest BCUT2D eigenvalue weighted by Gasteiger charge is -2.12. The molecular weight excluding hydrogens is 215 g/mol. The molecule has 2 nitrogen and oxygen atoms in total. The van der Waals surface area contributed by atoms with Gasteiger partial charge in [-0.05, 0) is 37.6 Å². The molecule has 17 heavy (non-hydrogen) atoms. The molecule has 0 amide bonds. The number of aromatic nitrogens is 1. The van der Waals surface area contributed by atoms with Crippen LogP contribution < -0.4 is 5.32 Å². The maximum Gasteiger partial charge on any atom is 0.123 e. The molecule has 3 heteroatoms. The van der Waals surface area contributed by atoms with Crippen molar-refractivity contribution >= 4 is 10.9 Å². The molecule has 0 fully saturated rings. The zero-order valence-corrected chi connectivity index (χ0v) is 10.4. The summed E-state index contributed by atoms with van der Waals surface area (Å²) in [6.45, 7) is 6.21. The minimum atomic E-state index is -0.173. The van der Waals surface area contributed by atoms with Gasteiger partial charge in [-0.1, -0.05) is 6.92 Å². The fraction of sp³-hybridized carbons (Fsp3) is 0.429. The van der Waals surface area contributed by atoms with E-state index in [9.17, 15) is 4.39 Å². The van der Waals surface area contributed by atoms with E-state index in [1.54, 1.807) is 6.07 Å². The second-order valence-corrected chi connectivity index (χ2v) is 4.48. The summed E-state index contributed by atoms with van der Waals surface area (Å²) in [6, 6.07) is 7.44. The third-order valence-electron chi connectivity index (χ3n) is 3.19. The molecule has 2 aromatic rings. The van der Waals surface area contributed by atoms with Crippen LogP contribution in [-0.2, 0) is 6.54 Å². The topological polar surface area (TPSA) is 17.0 Å². The van der Waals surface area contributed by atoms with E-state index in [4.69, 9.17) is 0 Å². The Morgan fingerprint density at radius 2 is 2.18 bits per heavy atom. The first-order valence-electron chi connectivity index (χ1n) is 6.18. The summed E-state index contributed by atoms with van der Waals surface area (Å²) in [7, 11) is 0. The van der Waals surface area contributed by atoms with Crippen molar-refractivity contribution < 1.29 is 4.39 Å². The largest absolute Gasteiger partial charge is 0.346 e. The van der Waals surface area contributed by atoms with Gasteiger partial charge in [0.1, 0.15) is 5.82 Å². The minimum Gasteiger partial charge on any atom is -0.346 e. The van der Waals surface area contributed by atoms with E-state index < -0.39 is 0 Å². The number of nitrogens with one attached hydrogen (secondary N) is 1. The van der Waals surface area contributed by atoms with Gasteiger partial charge in [0, 0.05) is 36.2 Å². The van der Waals surface area contributed by atoms with Gasteiger partial charge in [-0.25, -0.2) is 4.39 Å². The Labute approximate surface area is 101 Å². The van der Waals surface area contributed by atoms with E-state index in [1.807, 2.05) is 18.3 Å². The van der Waals surface area contributed by atoms with Crippen molar-refractivity contribution in [2.24, 2.45) is 0 Å². The number of fused-ring (bicyclic) bond motifs is 1. The zero-order chi connectivity index (χ0) is 12.3. The average molecular weight is 234 g/mol. The molecular formula is C14H19FN2. The van der Waals surface area contributed by atoms with Gasteiger partial charge in [-0.3, -0.25) is 0 Å². The summed E-state index contributed by atoms with van der Waals surface area (Å²) < 4.78 is 15.2. The SMILES string of the molecule is CCC(C)NCCn1ccc2cc(F)ccc21. The van der Waals surface area contributed by atoms with Gasteiger partial charge in [-0.2, -0.15) is 0 Å². The molecule has 1 atom stereocenters. The summed E-state index contributed by atoms with van der Waals surface area (Å²) >= 11 is 0. The maximum absolute atomic E-state index is 13.0. The first kappa shape index (κ1) is 12.1. The Bertz CT molecular complexity index is 490. The summed E-state index contributed by atoms with van der Waals surface area (Å²) in [5, 5.41) is 4.42. The van der Waals surface area contributed by atoms with Crippen molar-refractivity contribution in [1.29, 1.82) is 0 Å². The van der Waals surface area contributed by atoms with E-state index >= 15 is 0 Å². The number of halogens is 1. The molecule has 92 valence electrons. The Balaban J connectivity index is 2.04. The third-order valence-corrected chi connectivity index (χ3v) is 3.19. The standard InChI is InChI=1S/C14H19FN2/c1-3-11(2)16-7-9-17-8-6-12-10-13(15)4-5-14(12)17/h4-6,8,10-11,16H,3,7,9H2,1-2H3. The van der Waals surface area contributed by atoms with Crippen LogP contribution in [0.1, 0.15) is 20.3 Å². The second-order valence-electron chi connectivity index (χ2n) is 4.48. The quantitative estimate of drug-likeness (QED) is 0.840. The monoisotopic (exact) mass is 234 g/mol. The van der Waals surface area contributed by atoms with Gasteiger partial charge >= 0.3 is 0 Å². The third kappa shape index (κ3) is 2.86. The molecule has 0 radical (unpaired) electrons. The van der Waals surface area contributed by atoms with E-state index in [0.717, 1.165) is 30.4 Å². The second kappa shape index (κ2) is 5.32. The zero-order valence-electron chi connectivity index (χ0n) is 10.4. The molecule has 1 unspecified atom stereocenters. The van der Waals surface area contributed by atoms with Gasteiger partial charge in [0.05, 0.1) is 0 Å². The van der Waals surface area contributed by atoms with Crippen molar-refractivity contribution in [3.63, 3.8) is 0 Å². The highest BCUT2D eigenvalue weighted by Crippen LogP contribution is 2.16. The number of benzene rings is 1. The molecule has 0 saturated heterocycles. The lowest BCUT2D eigenvalue weighted by molar-refractivity contribution is 0.509. The van der Waals surface area contributed by atoms with Crippen LogP contribution in [0.2, 0.25) is 0 Å². The molecule has 0 aliphatic heterocycles. The van der Waals surface area contributed by atoms with Crippen molar-refractivity contribution in [3.05, 3.63) is 36.3 Å². The van der Waals surface area contributed by atoms with E-state index in [2.05, 4.69) is 23.7 Å². The lowest BCUT2D eigenvalue weighted by atomic mass is 10.2. The predicted molar refractivity (Wildman–Crippen MR) is 69.7 cm³/mol. The molecule has 1 heterocycles. The van der Waals surface area contributed by atoms with Gasteiger partial charge < -0.3 is 9.88 Å². The van der Waals surface area contributed by atoms with Gasteiger partial charge in [0.25, 0.3) is 0 Å². The maximum atomic E-state index is 13.0. The molecule has 0 bridgehead atoms. The molecule has 0 saturated carbocycles. The Morgan fingerprint density at radius 3 is 2.94 bits per heavy atom. The van der Waals surface area contributed by atoms with Crippen LogP contribution in [-0.4, -0.2) is 17.2 Å². The highest BCUT2D eigenvalue weighted by molar-refractivity contribution is 5.80. The van der Waals surface area contributed by atoms with Crippen molar-refractivity contribution in [1.82, 2.24) is 9.88 Å². The Kier molecular flexibility index (Phi) is 3.79. The first-order chi connectivity index (χ1) is 8.20. The van der Waals surface area contributed by atoms with Gasteiger partial charge in [-0.15, -0.1) is 0 Å². The lowest BCUT2D eigenvalue weighted by Crippen LogP contribution is -2.28. The fourth-order valence-electron chi connectivity index (χ4n) is 1.94. The normalized spacial score (nSPS) is 13.1. The van der Waals surface area contributed by atoms with Gasteiger partial charge in [0.15, 0.2) is 0 Å². The molecule has 1 aromatic heterocycles. The molecule has 0 aliphatic rings. The first-order valence-corrected chi connectivity index (χ1v) is 6.18. The van der Waals surface area contributed by atoms with E-state index in [-0.39, 0.29) is 5.82 Å². The number of hydrogen-bond acceptors (Lipinski definition) is 1. The van der Waals surface area contributed by atoms with Crippen molar-refractivity contribution in [2.45, 2.75) is 32.9 Å². The summed E-state index contributed by atoms with van der Waals surface area (Å²) in [5.74, 6) is -0.173. The van der Waals surface area contributed by atoms with Gasteiger partial charge in [0.2, 0.25) is 0 Å². The number of nitrogens with zero attached hydrogens (tertiary/aromatic N) is 1. The van der Waals surface area contributed by atoms with Crippen LogP contribution in [0.5, 0.6) is 0 Å². The summed E-state index contributed by atoms with van der Waals surface area (Å²) in [5.41, 5.74) is 1.09. The summed E-state index contributed by atoms with van der Waals surface area (Å²) in [4.78, 5) is 0. The molecule has 1 N–H and O–H groups in total. The van der Waals surface area contributed by atoms with Crippen LogP contribution in [0.15, 0.2) is 30.5 Å². The Morgan fingerprint density at radius 1 is 1.35 bits per heavy atom.